The lowest BCUT2D eigenvalue weighted by Gasteiger charge is -2.37. The van der Waals surface area contributed by atoms with Crippen LogP contribution < -0.4 is 4.90 Å². The maximum Gasteiger partial charge on any atom is 0.245 e. The van der Waals surface area contributed by atoms with Gasteiger partial charge in [-0.3, -0.25) is 19.4 Å². The predicted octanol–water partition coefficient (Wildman–Crippen LogP) is 8.12. The summed E-state index contributed by atoms with van der Waals surface area (Å²) in [4.78, 5) is 57.7. The van der Waals surface area contributed by atoms with Crippen LogP contribution in [0.25, 0.3) is 22.1 Å². The number of ether oxygens (including phenoxy) is 2. The highest BCUT2D eigenvalue weighted by molar-refractivity contribution is 5.85. The van der Waals surface area contributed by atoms with Gasteiger partial charge in [-0.1, -0.05) is 91.0 Å². The molecule has 0 saturated carbocycles. The Morgan fingerprint density at radius 2 is 0.970 bits per heavy atom. The molecule has 4 aliphatic heterocycles. The number of amides is 2. The number of carbonyl (C=O) groups is 2. The summed E-state index contributed by atoms with van der Waals surface area (Å²) in [5.74, 6) is 1.95. The van der Waals surface area contributed by atoms with Crippen LogP contribution in [-0.4, -0.2) is 117 Å². The minimum absolute atomic E-state index is 0.118. The molecule has 5 aromatic carbocycles. The van der Waals surface area contributed by atoms with Crippen LogP contribution in [0, 0.1) is 0 Å². The average Bonchev–Trinajstić information content (AvgIpc) is 4.22. The van der Waals surface area contributed by atoms with E-state index in [9.17, 15) is 9.59 Å². The minimum atomic E-state index is -0.353. The topological polar surface area (TPSA) is 126 Å². The summed E-state index contributed by atoms with van der Waals surface area (Å²) in [6.07, 6.45) is 3.61. The van der Waals surface area contributed by atoms with Crippen molar-refractivity contribution in [3.05, 3.63) is 161 Å². The second-order valence-electron chi connectivity index (χ2n) is 18.4. The second kappa shape index (κ2) is 19.5. The molecular formula is C54H59N9O4. The van der Waals surface area contributed by atoms with Crippen molar-refractivity contribution in [1.29, 1.82) is 0 Å². The van der Waals surface area contributed by atoms with Gasteiger partial charge in [-0.15, -0.1) is 0 Å². The summed E-state index contributed by atoms with van der Waals surface area (Å²) in [7, 11) is 0. The molecule has 7 aromatic rings. The van der Waals surface area contributed by atoms with Crippen molar-refractivity contribution >= 4 is 39.6 Å². The molecule has 2 aromatic heterocycles. The van der Waals surface area contributed by atoms with Gasteiger partial charge in [0.1, 0.15) is 23.7 Å². The number of aromatic amines is 2. The molecule has 0 spiro atoms. The zero-order valence-electron chi connectivity index (χ0n) is 38.0. The van der Waals surface area contributed by atoms with E-state index in [2.05, 4.69) is 125 Å². The number of nitrogens with one attached hydrogen (secondary N) is 2. The van der Waals surface area contributed by atoms with Gasteiger partial charge in [-0.25, -0.2) is 9.97 Å². The van der Waals surface area contributed by atoms with Crippen LogP contribution in [-0.2, 0) is 32.2 Å². The van der Waals surface area contributed by atoms with Crippen molar-refractivity contribution in [2.75, 3.05) is 70.6 Å². The number of fused-ring (bicyclic) bond motifs is 2. The minimum Gasteiger partial charge on any atom is -0.379 e. The van der Waals surface area contributed by atoms with Gasteiger partial charge in [-0.2, -0.15) is 0 Å². The summed E-state index contributed by atoms with van der Waals surface area (Å²) < 4.78 is 11.3. The fourth-order valence-corrected chi connectivity index (χ4v) is 10.9. The van der Waals surface area contributed by atoms with Gasteiger partial charge in [0, 0.05) is 58.0 Å². The van der Waals surface area contributed by atoms with Gasteiger partial charge in [0.15, 0.2) is 0 Å². The van der Waals surface area contributed by atoms with E-state index in [1.165, 1.54) is 0 Å². The maximum atomic E-state index is 14.6. The second-order valence-corrected chi connectivity index (χ2v) is 18.4. The molecule has 344 valence electrons. The van der Waals surface area contributed by atoms with Crippen LogP contribution in [0.5, 0.6) is 0 Å². The molecule has 0 aliphatic carbocycles. The van der Waals surface area contributed by atoms with Crippen molar-refractivity contribution < 1.29 is 19.1 Å². The Morgan fingerprint density at radius 3 is 1.40 bits per heavy atom. The molecule has 2 N–H and O–H groups in total. The quantitative estimate of drug-likeness (QED) is 0.118. The van der Waals surface area contributed by atoms with Gasteiger partial charge >= 0.3 is 0 Å². The molecule has 4 atom stereocenters. The number of hydrogen-bond acceptors (Lipinski definition) is 9. The largest absolute Gasteiger partial charge is 0.379 e. The highest BCUT2D eigenvalue weighted by Crippen LogP contribution is 2.38. The lowest BCUT2D eigenvalue weighted by atomic mass is 10.0. The normalized spacial score (nSPS) is 20.4. The Kier molecular flexibility index (Phi) is 12.5. The highest BCUT2D eigenvalue weighted by Gasteiger charge is 2.41. The van der Waals surface area contributed by atoms with Gasteiger partial charge in [-0.05, 0) is 84.3 Å². The molecule has 0 bridgehead atoms. The first-order chi connectivity index (χ1) is 33.0. The first-order valence-electron chi connectivity index (χ1n) is 24.2. The summed E-state index contributed by atoms with van der Waals surface area (Å²) in [6, 6.07) is 43.0. The highest BCUT2D eigenvalue weighted by atomic mass is 16.5. The van der Waals surface area contributed by atoms with Gasteiger partial charge in [0.25, 0.3) is 0 Å². The van der Waals surface area contributed by atoms with Gasteiger partial charge in [0.05, 0.1) is 60.6 Å². The number of likely N-dealkylation sites (tertiary alicyclic amines) is 2. The summed E-state index contributed by atoms with van der Waals surface area (Å²) in [6.45, 7) is 8.20. The third-order valence-corrected chi connectivity index (χ3v) is 14.2. The summed E-state index contributed by atoms with van der Waals surface area (Å²) in [5.41, 5.74) is 9.22. The zero-order valence-corrected chi connectivity index (χ0v) is 38.0. The standard InChI is InChI=1S/C54H59N9O4/c64-53(49(40-12-4-1-5-13-40)59-26-30-66-31-27-59)62-24-10-18-47(62)51-55-43-22-20-38(34-45(43)57-51)36-61(42-16-8-3-9-17-42)37-39-21-23-44-46(35-39)58-52(56-44)48-19-11-25-63(48)54(65)50(41-14-6-2-7-15-41)60-28-32-67-33-29-60/h1-9,12-17,20-23,34-35,47-50H,10-11,18-19,24-33,36-37H2,(H,55,57)(H,56,58). The number of nitrogens with zero attached hydrogens (tertiary/aromatic N) is 7. The third kappa shape index (κ3) is 9.08. The number of rotatable bonds is 13. The molecule has 4 unspecified atom stereocenters. The van der Waals surface area contributed by atoms with E-state index in [1.807, 2.05) is 36.4 Å². The molecule has 6 heterocycles. The van der Waals surface area contributed by atoms with E-state index in [-0.39, 0.29) is 36.0 Å². The van der Waals surface area contributed by atoms with Crippen molar-refractivity contribution in [2.24, 2.45) is 0 Å². The number of benzene rings is 5. The summed E-state index contributed by atoms with van der Waals surface area (Å²) >= 11 is 0. The third-order valence-electron chi connectivity index (χ3n) is 14.2. The average molecular weight is 898 g/mol. The first-order valence-corrected chi connectivity index (χ1v) is 24.2. The van der Waals surface area contributed by atoms with E-state index < -0.39 is 0 Å². The number of para-hydroxylation sites is 1. The molecule has 0 radical (unpaired) electrons. The van der Waals surface area contributed by atoms with Crippen LogP contribution in [0.2, 0.25) is 0 Å². The van der Waals surface area contributed by atoms with Gasteiger partial charge < -0.3 is 34.1 Å². The number of imidazole rings is 2. The van der Waals surface area contributed by atoms with Crippen LogP contribution in [0.15, 0.2) is 127 Å². The van der Waals surface area contributed by atoms with Crippen LogP contribution in [0.1, 0.15) is 83.8 Å². The van der Waals surface area contributed by atoms with Crippen molar-refractivity contribution in [2.45, 2.75) is 62.9 Å². The molecule has 4 fully saturated rings. The molecule has 4 aliphatic rings. The fraction of sp³-hybridized carbons (Fsp3) is 0.370. The number of aromatic nitrogens is 4. The maximum absolute atomic E-state index is 14.6. The lowest BCUT2D eigenvalue weighted by molar-refractivity contribution is -0.141. The number of carbonyl (C=O) groups excluding carboxylic acids is 2. The Bertz CT molecular complexity index is 2620. The molecule has 2 amide bonds. The molecule has 67 heavy (non-hydrogen) atoms. The Hall–Kier alpha value is -6.38. The van der Waals surface area contributed by atoms with Crippen LogP contribution in [0.3, 0.4) is 0 Å². The van der Waals surface area contributed by atoms with E-state index in [1.54, 1.807) is 0 Å². The lowest BCUT2D eigenvalue weighted by Crippen LogP contribution is -2.47. The van der Waals surface area contributed by atoms with E-state index in [0.29, 0.717) is 52.6 Å². The predicted molar refractivity (Wildman–Crippen MR) is 259 cm³/mol. The van der Waals surface area contributed by atoms with E-state index in [4.69, 9.17) is 19.4 Å². The number of morpholine rings is 2. The number of hydrogen-bond donors (Lipinski definition) is 2. The molecule has 13 heteroatoms. The first kappa shape index (κ1) is 43.2. The van der Waals surface area contributed by atoms with Crippen molar-refractivity contribution in [3.8, 4) is 0 Å². The number of H-pyrrole nitrogens is 2. The van der Waals surface area contributed by atoms with Crippen molar-refractivity contribution in [1.82, 2.24) is 39.5 Å². The zero-order chi connectivity index (χ0) is 45.1. The van der Waals surface area contributed by atoms with Crippen LogP contribution >= 0.6 is 0 Å². The molecular weight excluding hydrogens is 839 g/mol. The van der Waals surface area contributed by atoms with Gasteiger partial charge in [0.2, 0.25) is 11.8 Å². The molecule has 13 nitrogen and oxygen atoms in total. The molecule has 11 rings (SSSR count). The Morgan fingerprint density at radius 1 is 0.552 bits per heavy atom. The summed E-state index contributed by atoms with van der Waals surface area (Å²) in [5, 5.41) is 0. The van der Waals surface area contributed by atoms with E-state index in [0.717, 1.165) is 114 Å². The van der Waals surface area contributed by atoms with E-state index >= 15 is 0 Å². The molecule has 4 saturated heterocycles. The Labute approximate surface area is 391 Å². The fourth-order valence-electron chi connectivity index (χ4n) is 10.9. The SMILES string of the molecule is O=C(C(c1ccccc1)N1CCOCC1)N1CCCC1c1nc2ccc(CN(Cc3ccc4nc(C5CCCN5C(=O)C(c5ccccc5)N5CCOCC5)[nH]c4c3)c3ccccc3)cc2[nH]1. The Balaban J connectivity index is 0.817. The smallest absolute Gasteiger partial charge is 0.245 e. The number of anilines is 1. The monoisotopic (exact) mass is 897 g/mol. The van der Waals surface area contributed by atoms with Crippen molar-refractivity contribution in [3.63, 3.8) is 0 Å². The van der Waals surface area contributed by atoms with Crippen LogP contribution in [0.4, 0.5) is 5.69 Å².